The summed E-state index contributed by atoms with van der Waals surface area (Å²) in [6.45, 7) is 78.6. The van der Waals surface area contributed by atoms with Crippen molar-refractivity contribution >= 4 is 139 Å². The van der Waals surface area contributed by atoms with Crippen molar-refractivity contribution in [2.24, 2.45) is 5.92 Å². The molecule has 8 bridgehead atoms. The van der Waals surface area contributed by atoms with Gasteiger partial charge < -0.3 is 87.0 Å². The lowest BCUT2D eigenvalue weighted by molar-refractivity contribution is -0.131. The first kappa shape index (κ1) is 79.0. The Balaban J connectivity index is 1.78. The van der Waals surface area contributed by atoms with Crippen LogP contribution in [0.4, 0.5) is 0 Å². The third kappa shape index (κ3) is 16.7. The van der Waals surface area contributed by atoms with Crippen molar-refractivity contribution in [3.63, 3.8) is 0 Å². The zero-order valence-electron chi connectivity index (χ0n) is 62.3. The molecule has 7 aliphatic heterocycles. The predicted octanol–water partition coefficient (Wildman–Crippen LogP) is 16.1. The van der Waals surface area contributed by atoms with Gasteiger partial charge >= 0.3 is 72.4 Å². The van der Waals surface area contributed by atoms with Gasteiger partial charge in [0.25, 0.3) is 0 Å². The van der Waals surface area contributed by atoms with Gasteiger partial charge in [-0.05, 0) is 171 Å². The summed E-state index contributed by atoms with van der Waals surface area (Å²) in [6.07, 6.45) is 4.58. The zero-order valence-corrected chi connectivity index (χ0v) is 78.3. The summed E-state index contributed by atoms with van der Waals surface area (Å²) in [5.41, 5.74) is 0. The van der Waals surface area contributed by atoms with E-state index in [1.807, 2.05) is 0 Å². The molecule has 8 rings (SSSR count). The first-order valence-electron chi connectivity index (χ1n) is 32.6. The summed E-state index contributed by atoms with van der Waals surface area (Å²) in [6, 6.07) is 0.666. The highest BCUT2D eigenvalue weighted by molar-refractivity contribution is 7.05. The third-order valence-corrected chi connectivity index (χ3v) is 97.3. The second-order valence-corrected chi connectivity index (χ2v) is 97.5. The van der Waals surface area contributed by atoms with Crippen LogP contribution in [0.2, 0.25) is 146 Å². The van der Waals surface area contributed by atoms with Crippen LogP contribution in [-0.2, 0) is 87.0 Å². The fourth-order valence-electron chi connectivity index (χ4n) is 8.79. The van der Waals surface area contributed by atoms with Crippen LogP contribution >= 0.6 is 0 Å². The first-order chi connectivity index (χ1) is 38.9. The van der Waals surface area contributed by atoms with Crippen LogP contribution in [0.1, 0.15) is 171 Å². The zero-order chi connectivity index (χ0) is 68.6. The highest BCUT2D eigenvalue weighted by Crippen LogP contribution is 2.59. The molecule has 1 saturated carbocycles. The van der Waals surface area contributed by atoms with Crippen molar-refractivity contribution in [2.45, 2.75) is 329 Å². The van der Waals surface area contributed by atoms with Gasteiger partial charge in [0.2, 0.25) is 0 Å². The monoisotopic (exact) mass is 1530 g/mol. The molecule has 7 saturated heterocycles. The summed E-state index contributed by atoms with van der Waals surface area (Å²) in [5, 5.41) is -3.70. The van der Waals surface area contributed by atoms with Gasteiger partial charge in [0.1, 0.15) is 0 Å². The number of rotatable bonds is 19. The normalized spacial score (nSPS) is 35.9. The quantitative estimate of drug-likeness (QED) is 0.0873. The third-order valence-electron chi connectivity index (χ3n) is 22.0. The second-order valence-electron chi connectivity index (χ2n) is 37.6. The van der Waals surface area contributed by atoms with Crippen molar-refractivity contribution < 1.29 is 87.0 Å². The molecule has 0 amide bonds. The maximum Gasteiger partial charge on any atom is 0.651 e. The lowest BCUT2D eigenvalue weighted by Gasteiger charge is -2.62. The molecule has 0 aromatic carbocycles. The lowest BCUT2D eigenvalue weighted by Crippen LogP contribution is -2.93. The number of ether oxygens (including phenoxy) is 1. The van der Waals surface area contributed by atoms with Crippen molar-refractivity contribution in [3.05, 3.63) is 0 Å². The molecular weight excluding hydrogens is 1410 g/mol. The van der Waals surface area contributed by atoms with Crippen LogP contribution in [0.25, 0.3) is 0 Å². The Bertz CT molecular complexity index is 2350. The van der Waals surface area contributed by atoms with Crippen LogP contribution in [-0.4, -0.2) is 151 Å². The average molecular weight is 1530 g/mol. The minimum absolute atomic E-state index is 0.290. The van der Waals surface area contributed by atoms with Crippen LogP contribution in [0.15, 0.2) is 0 Å². The van der Waals surface area contributed by atoms with Crippen molar-refractivity contribution in [3.8, 4) is 0 Å². The van der Waals surface area contributed by atoms with Gasteiger partial charge in [-0.3, -0.25) is 0 Å². The van der Waals surface area contributed by atoms with Gasteiger partial charge in [-0.1, -0.05) is 152 Å². The Morgan fingerprint density at radius 3 is 0.618 bits per heavy atom. The maximum atomic E-state index is 8.21. The molecule has 3 atom stereocenters. The highest BCUT2D eigenvalue weighted by atomic mass is 28.7. The van der Waals surface area contributed by atoms with Gasteiger partial charge in [-0.25, -0.2) is 0 Å². The van der Waals surface area contributed by atoms with Crippen molar-refractivity contribution in [1.82, 2.24) is 0 Å². The smallest absolute Gasteiger partial charge is 0.395 e. The Labute approximate surface area is 557 Å². The molecule has 37 heteroatoms. The molecule has 89 heavy (non-hydrogen) atoms. The van der Waals surface area contributed by atoms with Crippen LogP contribution in [0.5, 0.6) is 0 Å². The standard InChI is InChI=1S/C52H124O21Si16/c1-46(2,3)75(24,25)55-83-62-82(54-74(22,23)41-40-43-38-39-44-45(42-43)53-44)63-84(56-76(26,27)47(4,5)6)67-86(65-83,58-78(30,31)49(10,11)12)71-89(61-81(36,37)52(19,20)21)72-87(66-83,59-79(32,33)50(13,14)15)68-85(64-82,57-77(28,29)48(7,8)9)70-88(69-84,73-89)60-80(34,35)51(16,17)18/h43-45H,38-42H2,1-37H3. The van der Waals surface area contributed by atoms with E-state index in [4.69, 9.17) is 87.0 Å². The van der Waals surface area contributed by atoms with E-state index < -0.39 is 174 Å². The molecule has 7 heterocycles. The molecule has 1 aliphatic carbocycles. The summed E-state index contributed by atoms with van der Waals surface area (Å²) in [4.78, 5) is 0. The molecule has 0 radical (unpaired) electrons. The average Bonchev–Trinajstić information content (AvgIpc) is 0.918. The topological polar surface area (TPSA) is 197 Å². The summed E-state index contributed by atoms with van der Waals surface area (Å²) in [5.74, 6) is 0.410. The molecule has 3 unspecified atom stereocenters. The van der Waals surface area contributed by atoms with E-state index in [1.54, 1.807) is 0 Å². The molecular formula is C52H124O21Si16. The van der Waals surface area contributed by atoms with E-state index in [-0.39, 0.29) is 0 Å². The summed E-state index contributed by atoms with van der Waals surface area (Å²) in [7, 11) is -69.7. The Kier molecular flexibility index (Phi) is 20.9. The van der Waals surface area contributed by atoms with Gasteiger partial charge in [0.05, 0.1) is 12.2 Å². The second kappa shape index (κ2) is 23.6. The van der Waals surface area contributed by atoms with Gasteiger partial charge in [0.15, 0.2) is 66.5 Å². The number of epoxide rings is 1. The molecule has 522 valence electrons. The van der Waals surface area contributed by atoms with E-state index >= 15 is 0 Å². The lowest BCUT2D eigenvalue weighted by atomic mass is 9.88. The molecule has 21 nitrogen and oxygen atoms in total. The largest absolute Gasteiger partial charge is 0.651 e. The van der Waals surface area contributed by atoms with Gasteiger partial charge in [-0.2, -0.15) is 0 Å². The van der Waals surface area contributed by atoms with Crippen molar-refractivity contribution in [2.75, 3.05) is 0 Å². The summed E-state index contributed by atoms with van der Waals surface area (Å²) >= 11 is 0. The van der Waals surface area contributed by atoms with Crippen LogP contribution < -0.4 is 0 Å². The Morgan fingerprint density at radius 2 is 0.449 bits per heavy atom. The molecule has 0 aromatic heterocycles. The van der Waals surface area contributed by atoms with E-state index in [1.165, 1.54) is 0 Å². The molecule has 0 N–H and O–H groups in total. The van der Waals surface area contributed by atoms with E-state index in [9.17, 15) is 0 Å². The summed E-state index contributed by atoms with van der Waals surface area (Å²) < 4.78 is 168. The molecule has 0 aromatic rings. The van der Waals surface area contributed by atoms with Gasteiger partial charge in [0, 0.05) is 0 Å². The Morgan fingerprint density at radius 1 is 0.270 bits per heavy atom. The van der Waals surface area contributed by atoms with Crippen molar-refractivity contribution in [1.29, 1.82) is 0 Å². The SMILES string of the molecule is CC(C)(C)[Si](C)(C)O[Si]12O[Si]3(O[Si](C)(C)CCC4CCC5OC5C4)O[Si]4(O[Si](C)(C)C(C)(C)C)O[Si](O[Si](C)(C)C(C)(C)C)(O1)O[Si]1(O[Si](C)(C)C(C)(C)C)O[Si](O[Si](C)(C)C(C)(C)C)(O2)O[Si](O[Si](C)(C)C(C)(C)C)(O3)O[Si](O[Si](C)(C)C(C)(C)C)(O4)O1. The van der Waals surface area contributed by atoms with Gasteiger partial charge in [-0.15, -0.1) is 0 Å². The van der Waals surface area contributed by atoms with E-state index in [0.29, 0.717) is 24.2 Å². The Hall–Kier alpha value is 2.63. The number of hydrogen-bond acceptors (Lipinski definition) is 21. The maximum absolute atomic E-state index is 8.21. The number of fused-ring (bicyclic) bond motifs is 1. The minimum Gasteiger partial charge on any atom is -0.395 e. The van der Waals surface area contributed by atoms with Crippen LogP contribution in [0, 0.1) is 5.92 Å². The minimum atomic E-state index is -5.43. The molecule has 0 spiro atoms. The number of hydrogen-bond donors (Lipinski definition) is 0. The fraction of sp³-hybridized carbons (Fsp3) is 1.00. The fourth-order valence-corrected chi connectivity index (χ4v) is 79.8. The molecule has 8 aliphatic rings. The predicted molar refractivity (Wildman–Crippen MR) is 381 cm³/mol. The van der Waals surface area contributed by atoms with E-state index in [0.717, 1.165) is 25.7 Å². The molecule has 8 fully saturated rings. The van der Waals surface area contributed by atoms with Crippen LogP contribution in [0.3, 0.4) is 0 Å². The highest BCUT2D eigenvalue weighted by Gasteiger charge is 2.93. The van der Waals surface area contributed by atoms with E-state index in [2.05, 4.69) is 250 Å². The first-order valence-corrected chi connectivity index (χ1v) is 69.2.